The number of hydrogen-bond acceptors (Lipinski definition) is 4. The second-order valence-electron chi connectivity index (χ2n) is 3.92. The van der Waals surface area contributed by atoms with Gasteiger partial charge < -0.3 is 11.1 Å². The van der Waals surface area contributed by atoms with Gasteiger partial charge in [-0.05, 0) is 28.8 Å². The largest absolute Gasteiger partial charge is 0.350 e. The molecule has 3 N–H and O–H groups in total. The first-order valence-electron chi connectivity index (χ1n) is 5.25. The zero-order chi connectivity index (χ0) is 10.7. The molecule has 0 bridgehead atoms. The van der Waals surface area contributed by atoms with Crippen LogP contribution in [0.4, 0.5) is 5.95 Å². The van der Waals surface area contributed by atoms with Crippen molar-refractivity contribution in [2.75, 3.05) is 5.32 Å². The number of nitrogens with zero attached hydrogens (tertiary/aromatic N) is 2. The van der Waals surface area contributed by atoms with Crippen molar-refractivity contribution in [2.24, 2.45) is 5.73 Å². The molecule has 1 fully saturated rings. The van der Waals surface area contributed by atoms with Gasteiger partial charge in [0, 0.05) is 24.5 Å². The maximum absolute atomic E-state index is 6.03. The summed E-state index contributed by atoms with van der Waals surface area (Å²) in [7, 11) is 0. The average Bonchev–Trinajstić information content (AvgIpc) is 2.25. The summed E-state index contributed by atoms with van der Waals surface area (Å²) in [6, 6.07) is 0.547. The highest BCUT2D eigenvalue weighted by Gasteiger charge is 2.21. The summed E-state index contributed by atoms with van der Waals surface area (Å²) in [5.74, 6) is 0.667. The first-order chi connectivity index (χ1) is 7.25. The number of anilines is 1. The Labute approximate surface area is 97.8 Å². The fourth-order valence-electron chi connectivity index (χ4n) is 1.89. The van der Waals surface area contributed by atoms with E-state index in [1.807, 2.05) is 0 Å². The molecule has 0 aromatic carbocycles. The van der Waals surface area contributed by atoms with E-state index < -0.39 is 0 Å². The molecule has 1 aromatic heterocycles. The van der Waals surface area contributed by atoms with Crippen molar-refractivity contribution in [2.45, 2.75) is 37.8 Å². The third-order valence-electron chi connectivity index (χ3n) is 2.75. The van der Waals surface area contributed by atoms with Gasteiger partial charge in [0.05, 0.1) is 4.47 Å². The van der Waals surface area contributed by atoms with E-state index in [0.717, 1.165) is 17.3 Å². The second-order valence-corrected chi connectivity index (χ2v) is 4.84. The van der Waals surface area contributed by atoms with E-state index in [0.29, 0.717) is 12.0 Å². The van der Waals surface area contributed by atoms with Crippen LogP contribution in [0.1, 0.15) is 25.7 Å². The normalized spacial score (nSPS) is 26.3. The van der Waals surface area contributed by atoms with Crippen molar-refractivity contribution in [3.8, 4) is 0 Å². The van der Waals surface area contributed by atoms with Crippen molar-refractivity contribution < 1.29 is 0 Å². The van der Waals surface area contributed by atoms with Gasteiger partial charge in [-0.25, -0.2) is 9.97 Å². The molecule has 1 aliphatic carbocycles. The van der Waals surface area contributed by atoms with Crippen LogP contribution in [-0.2, 0) is 0 Å². The molecule has 1 saturated carbocycles. The van der Waals surface area contributed by atoms with Crippen molar-refractivity contribution in [1.82, 2.24) is 9.97 Å². The zero-order valence-corrected chi connectivity index (χ0v) is 10.1. The van der Waals surface area contributed by atoms with E-state index in [-0.39, 0.29) is 6.04 Å². The SMILES string of the molecule is NC1CCCCC1Nc1ncc(Br)cn1. The van der Waals surface area contributed by atoms with E-state index in [4.69, 9.17) is 5.73 Å². The summed E-state index contributed by atoms with van der Waals surface area (Å²) >= 11 is 3.31. The Bertz CT molecular complexity index is 314. The van der Waals surface area contributed by atoms with Crippen LogP contribution < -0.4 is 11.1 Å². The van der Waals surface area contributed by atoms with Gasteiger partial charge in [0.15, 0.2) is 0 Å². The second kappa shape index (κ2) is 4.90. The lowest BCUT2D eigenvalue weighted by Crippen LogP contribution is -2.42. The topological polar surface area (TPSA) is 63.8 Å². The van der Waals surface area contributed by atoms with Crippen molar-refractivity contribution in [3.63, 3.8) is 0 Å². The summed E-state index contributed by atoms with van der Waals surface area (Å²) in [5, 5.41) is 3.29. The Kier molecular flexibility index (Phi) is 3.53. The molecule has 4 nitrogen and oxygen atoms in total. The molecule has 1 heterocycles. The average molecular weight is 271 g/mol. The molecule has 0 saturated heterocycles. The van der Waals surface area contributed by atoms with Gasteiger partial charge in [0.1, 0.15) is 0 Å². The van der Waals surface area contributed by atoms with Gasteiger partial charge >= 0.3 is 0 Å². The lowest BCUT2D eigenvalue weighted by Gasteiger charge is -2.29. The number of nitrogens with two attached hydrogens (primary N) is 1. The van der Waals surface area contributed by atoms with E-state index >= 15 is 0 Å². The maximum atomic E-state index is 6.03. The molecular weight excluding hydrogens is 256 g/mol. The highest BCUT2D eigenvalue weighted by molar-refractivity contribution is 9.10. The first kappa shape index (κ1) is 10.8. The quantitative estimate of drug-likeness (QED) is 0.862. The fraction of sp³-hybridized carbons (Fsp3) is 0.600. The van der Waals surface area contributed by atoms with E-state index in [2.05, 4.69) is 31.2 Å². The van der Waals surface area contributed by atoms with Crippen LogP contribution in [-0.4, -0.2) is 22.1 Å². The number of aromatic nitrogens is 2. The highest BCUT2D eigenvalue weighted by Crippen LogP contribution is 2.19. The predicted octanol–water partition coefficient (Wildman–Crippen LogP) is 1.92. The smallest absolute Gasteiger partial charge is 0.222 e. The van der Waals surface area contributed by atoms with Crippen molar-refractivity contribution in [3.05, 3.63) is 16.9 Å². The van der Waals surface area contributed by atoms with E-state index in [1.165, 1.54) is 12.8 Å². The lowest BCUT2D eigenvalue weighted by molar-refractivity contribution is 0.402. The number of hydrogen-bond donors (Lipinski definition) is 2. The number of rotatable bonds is 2. The minimum Gasteiger partial charge on any atom is -0.350 e. The van der Waals surface area contributed by atoms with Crippen LogP contribution in [0.5, 0.6) is 0 Å². The van der Waals surface area contributed by atoms with Gasteiger partial charge in [-0.2, -0.15) is 0 Å². The van der Waals surface area contributed by atoms with Gasteiger partial charge in [0.25, 0.3) is 0 Å². The van der Waals surface area contributed by atoms with Crippen LogP contribution in [0.15, 0.2) is 16.9 Å². The van der Waals surface area contributed by atoms with Gasteiger partial charge in [-0.3, -0.25) is 0 Å². The molecule has 0 spiro atoms. The molecule has 0 amide bonds. The van der Waals surface area contributed by atoms with Crippen LogP contribution in [0, 0.1) is 0 Å². The molecule has 0 aliphatic heterocycles. The minimum atomic E-state index is 0.228. The Morgan fingerprint density at radius 1 is 1.27 bits per heavy atom. The zero-order valence-electron chi connectivity index (χ0n) is 8.49. The van der Waals surface area contributed by atoms with Crippen molar-refractivity contribution in [1.29, 1.82) is 0 Å². The number of halogens is 1. The summed E-state index contributed by atoms with van der Waals surface area (Å²) < 4.78 is 0.890. The molecule has 1 aliphatic rings. The van der Waals surface area contributed by atoms with Gasteiger partial charge in [-0.1, -0.05) is 12.8 Å². The van der Waals surface area contributed by atoms with Gasteiger partial charge in [-0.15, -0.1) is 0 Å². The number of nitrogens with one attached hydrogen (secondary N) is 1. The molecule has 0 radical (unpaired) electrons. The standard InChI is InChI=1S/C10H15BrN4/c11-7-5-13-10(14-6-7)15-9-4-2-1-3-8(9)12/h5-6,8-9H,1-4,12H2,(H,13,14,15). The van der Waals surface area contributed by atoms with Gasteiger partial charge in [0.2, 0.25) is 5.95 Å². The molecule has 1 aromatic rings. The Hall–Kier alpha value is -0.680. The maximum Gasteiger partial charge on any atom is 0.222 e. The van der Waals surface area contributed by atoms with E-state index in [9.17, 15) is 0 Å². The molecule has 2 rings (SSSR count). The molecule has 15 heavy (non-hydrogen) atoms. The Morgan fingerprint density at radius 2 is 1.93 bits per heavy atom. The third-order valence-corrected chi connectivity index (χ3v) is 3.16. The summed E-state index contributed by atoms with van der Waals surface area (Å²) in [5.41, 5.74) is 6.03. The van der Waals surface area contributed by atoms with Crippen LogP contribution in [0.2, 0.25) is 0 Å². The Balaban J connectivity index is 1.98. The van der Waals surface area contributed by atoms with Crippen molar-refractivity contribution >= 4 is 21.9 Å². The summed E-state index contributed by atoms with van der Waals surface area (Å²) in [4.78, 5) is 8.36. The lowest BCUT2D eigenvalue weighted by atomic mass is 9.91. The van der Waals surface area contributed by atoms with Crippen LogP contribution in [0.3, 0.4) is 0 Å². The predicted molar refractivity (Wildman–Crippen MR) is 63.6 cm³/mol. The molecule has 2 unspecified atom stereocenters. The molecule has 5 heteroatoms. The van der Waals surface area contributed by atoms with E-state index in [1.54, 1.807) is 12.4 Å². The molecule has 82 valence electrons. The van der Waals surface area contributed by atoms with Crippen LogP contribution >= 0.6 is 15.9 Å². The first-order valence-corrected chi connectivity index (χ1v) is 6.04. The minimum absolute atomic E-state index is 0.228. The summed E-state index contributed by atoms with van der Waals surface area (Å²) in [6.45, 7) is 0. The molecule has 2 atom stereocenters. The third kappa shape index (κ3) is 2.89. The molecular formula is C10H15BrN4. The van der Waals surface area contributed by atoms with Crippen LogP contribution in [0.25, 0.3) is 0 Å². The Morgan fingerprint density at radius 3 is 2.60 bits per heavy atom. The highest BCUT2D eigenvalue weighted by atomic mass is 79.9. The summed E-state index contributed by atoms with van der Waals surface area (Å²) in [6.07, 6.45) is 8.16. The fourth-order valence-corrected chi connectivity index (χ4v) is 2.10. The monoisotopic (exact) mass is 270 g/mol.